The van der Waals surface area contributed by atoms with Crippen LogP contribution in [0.3, 0.4) is 0 Å². The zero-order valence-corrected chi connectivity index (χ0v) is 15.3. The number of aromatic nitrogens is 5. The van der Waals surface area contributed by atoms with Gasteiger partial charge in [-0.3, -0.25) is 0 Å². The van der Waals surface area contributed by atoms with Crippen LogP contribution in [0.5, 0.6) is 0 Å². The SMILES string of the molecule is COC(=O)c1ccccc1N(C)c1ncnc(-n2nnc3ccccc32)c1N. The van der Waals surface area contributed by atoms with Crippen molar-refractivity contribution in [3.05, 3.63) is 60.4 Å². The number of ether oxygens (including phenoxy) is 1. The Morgan fingerprint density at radius 2 is 1.86 bits per heavy atom. The van der Waals surface area contributed by atoms with Crippen LogP contribution < -0.4 is 10.6 Å². The zero-order valence-electron chi connectivity index (χ0n) is 15.3. The number of hydrogen-bond acceptors (Lipinski definition) is 8. The first kappa shape index (κ1) is 17.4. The first-order valence-electron chi connectivity index (χ1n) is 8.44. The van der Waals surface area contributed by atoms with Crippen molar-refractivity contribution in [3.63, 3.8) is 0 Å². The second-order valence-corrected chi connectivity index (χ2v) is 5.99. The Kier molecular flexibility index (Phi) is 4.32. The second kappa shape index (κ2) is 6.95. The smallest absolute Gasteiger partial charge is 0.339 e. The molecule has 9 heteroatoms. The van der Waals surface area contributed by atoms with E-state index in [1.807, 2.05) is 30.3 Å². The van der Waals surface area contributed by atoms with Crippen LogP contribution in [0.4, 0.5) is 17.2 Å². The summed E-state index contributed by atoms with van der Waals surface area (Å²) in [5.74, 6) is 0.389. The molecule has 4 aromatic rings. The summed E-state index contributed by atoms with van der Waals surface area (Å²) in [5, 5.41) is 8.30. The number of rotatable bonds is 4. The average Bonchev–Trinajstić information content (AvgIpc) is 3.17. The van der Waals surface area contributed by atoms with Crippen LogP contribution in [0.15, 0.2) is 54.9 Å². The lowest BCUT2D eigenvalue weighted by Crippen LogP contribution is -2.19. The maximum absolute atomic E-state index is 12.1. The van der Waals surface area contributed by atoms with E-state index in [0.29, 0.717) is 28.6 Å². The van der Waals surface area contributed by atoms with Gasteiger partial charge in [-0.2, -0.15) is 4.68 Å². The van der Waals surface area contributed by atoms with E-state index in [9.17, 15) is 4.79 Å². The van der Waals surface area contributed by atoms with E-state index in [1.165, 1.54) is 13.4 Å². The largest absolute Gasteiger partial charge is 0.465 e. The first-order chi connectivity index (χ1) is 13.6. The van der Waals surface area contributed by atoms with Crippen molar-refractivity contribution in [1.29, 1.82) is 0 Å². The van der Waals surface area contributed by atoms with Crippen molar-refractivity contribution in [2.75, 3.05) is 24.8 Å². The molecule has 2 N–H and O–H groups in total. The molecule has 140 valence electrons. The predicted molar refractivity (Wildman–Crippen MR) is 105 cm³/mol. The molecular formula is C19H17N7O2. The summed E-state index contributed by atoms with van der Waals surface area (Å²) in [7, 11) is 3.11. The molecule has 0 atom stereocenters. The number of esters is 1. The highest BCUT2D eigenvalue weighted by molar-refractivity contribution is 5.97. The molecule has 9 nitrogen and oxygen atoms in total. The number of para-hydroxylation sites is 2. The topological polar surface area (TPSA) is 112 Å². The normalized spacial score (nSPS) is 10.8. The third-order valence-electron chi connectivity index (χ3n) is 4.38. The Morgan fingerprint density at radius 3 is 2.68 bits per heavy atom. The van der Waals surface area contributed by atoms with Crippen molar-refractivity contribution in [2.45, 2.75) is 0 Å². The molecule has 0 aliphatic carbocycles. The lowest BCUT2D eigenvalue weighted by Gasteiger charge is -2.22. The third kappa shape index (κ3) is 2.78. The standard InChI is InChI=1S/C19H17N7O2/c1-25(14-9-5-3-7-12(14)19(27)28-2)17-16(20)18(22-11-21-17)26-15-10-6-4-8-13(15)23-24-26/h3-11H,20H2,1-2H3. The van der Waals surface area contributed by atoms with E-state index >= 15 is 0 Å². The van der Waals surface area contributed by atoms with Gasteiger partial charge in [0.05, 0.1) is 23.9 Å². The van der Waals surface area contributed by atoms with Crippen molar-refractivity contribution < 1.29 is 9.53 Å². The number of nitrogens with zero attached hydrogens (tertiary/aromatic N) is 6. The van der Waals surface area contributed by atoms with Crippen LogP contribution in [0.1, 0.15) is 10.4 Å². The Balaban J connectivity index is 1.83. The van der Waals surface area contributed by atoms with Crippen LogP contribution >= 0.6 is 0 Å². The molecule has 0 amide bonds. The maximum Gasteiger partial charge on any atom is 0.339 e. The Labute approximate surface area is 160 Å². The highest BCUT2D eigenvalue weighted by Crippen LogP contribution is 2.32. The van der Waals surface area contributed by atoms with Crippen LogP contribution in [0.2, 0.25) is 0 Å². The van der Waals surface area contributed by atoms with Gasteiger partial charge in [-0.25, -0.2) is 14.8 Å². The molecule has 0 saturated carbocycles. The number of hydrogen-bond donors (Lipinski definition) is 1. The molecule has 0 aliphatic heterocycles. The molecule has 4 rings (SSSR count). The van der Waals surface area contributed by atoms with Crippen molar-refractivity contribution in [3.8, 4) is 5.82 Å². The van der Waals surface area contributed by atoms with Crippen LogP contribution in [-0.4, -0.2) is 45.1 Å². The first-order valence-corrected chi connectivity index (χ1v) is 8.44. The molecule has 28 heavy (non-hydrogen) atoms. The minimum absolute atomic E-state index is 0.306. The molecule has 0 radical (unpaired) electrons. The van der Waals surface area contributed by atoms with E-state index in [-0.39, 0.29) is 0 Å². The number of nitrogens with two attached hydrogens (primary N) is 1. The molecule has 2 aromatic heterocycles. The van der Waals surface area contributed by atoms with Gasteiger partial charge in [0, 0.05) is 7.05 Å². The number of methoxy groups -OCH3 is 1. The Hall–Kier alpha value is -4.01. The summed E-state index contributed by atoms with van der Waals surface area (Å²) in [4.78, 5) is 22.4. The number of carbonyl (C=O) groups excluding carboxylic acids is 1. The lowest BCUT2D eigenvalue weighted by molar-refractivity contribution is 0.0601. The minimum atomic E-state index is -0.447. The molecule has 0 bridgehead atoms. The van der Waals surface area contributed by atoms with Gasteiger partial charge in [-0.05, 0) is 24.3 Å². The monoisotopic (exact) mass is 375 g/mol. The summed E-state index contributed by atoms with van der Waals surface area (Å²) in [6.07, 6.45) is 1.40. The second-order valence-electron chi connectivity index (χ2n) is 5.99. The average molecular weight is 375 g/mol. The molecule has 2 aromatic carbocycles. The highest BCUT2D eigenvalue weighted by Gasteiger charge is 2.21. The summed E-state index contributed by atoms with van der Waals surface area (Å²) in [6.45, 7) is 0. The van der Waals surface area contributed by atoms with E-state index in [0.717, 1.165) is 11.0 Å². The Morgan fingerprint density at radius 1 is 1.11 bits per heavy atom. The molecule has 0 aliphatic rings. The lowest BCUT2D eigenvalue weighted by atomic mass is 10.1. The predicted octanol–water partition coefficient (Wildman–Crippen LogP) is 2.35. The van der Waals surface area contributed by atoms with E-state index in [1.54, 1.807) is 34.8 Å². The number of carbonyl (C=O) groups is 1. The summed E-state index contributed by atoms with van der Waals surface area (Å²) < 4.78 is 6.44. The van der Waals surface area contributed by atoms with Gasteiger partial charge in [-0.15, -0.1) is 5.10 Å². The van der Waals surface area contributed by atoms with Gasteiger partial charge in [0.15, 0.2) is 11.6 Å². The number of fused-ring (bicyclic) bond motifs is 1. The zero-order chi connectivity index (χ0) is 19.7. The number of nitrogen functional groups attached to an aromatic ring is 1. The van der Waals surface area contributed by atoms with E-state index in [2.05, 4.69) is 20.3 Å². The highest BCUT2D eigenvalue weighted by atomic mass is 16.5. The van der Waals surface area contributed by atoms with Gasteiger partial charge in [0.1, 0.15) is 17.5 Å². The fourth-order valence-electron chi connectivity index (χ4n) is 3.00. The molecular weight excluding hydrogens is 358 g/mol. The van der Waals surface area contributed by atoms with Crippen LogP contribution in [0.25, 0.3) is 16.9 Å². The summed E-state index contributed by atoms with van der Waals surface area (Å²) in [6, 6.07) is 14.6. The molecule has 2 heterocycles. The third-order valence-corrected chi connectivity index (χ3v) is 4.38. The maximum atomic E-state index is 12.1. The van der Waals surface area contributed by atoms with Crippen molar-refractivity contribution in [1.82, 2.24) is 25.0 Å². The molecule has 0 fully saturated rings. The molecule has 0 unspecified atom stereocenters. The number of anilines is 3. The van der Waals surface area contributed by atoms with Gasteiger partial charge < -0.3 is 15.4 Å². The minimum Gasteiger partial charge on any atom is -0.465 e. The van der Waals surface area contributed by atoms with Crippen molar-refractivity contribution in [2.24, 2.45) is 0 Å². The van der Waals surface area contributed by atoms with Crippen LogP contribution in [0, 0.1) is 0 Å². The van der Waals surface area contributed by atoms with E-state index in [4.69, 9.17) is 10.5 Å². The molecule has 0 saturated heterocycles. The van der Waals surface area contributed by atoms with Gasteiger partial charge >= 0.3 is 5.97 Å². The van der Waals surface area contributed by atoms with Gasteiger partial charge in [0.2, 0.25) is 0 Å². The van der Waals surface area contributed by atoms with Gasteiger partial charge in [0.25, 0.3) is 0 Å². The summed E-state index contributed by atoms with van der Waals surface area (Å²) >= 11 is 0. The fourth-order valence-corrected chi connectivity index (χ4v) is 3.00. The van der Waals surface area contributed by atoms with E-state index < -0.39 is 5.97 Å². The molecule has 0 spiro atoms. The van der Waals surface area contributed by atoms with Gasteiger partial charge in [-0.1, -0.05) is 29.5 Å². The number of benzene rings is 2. The van der Waals surface area contributed by atoms with Crippen molar-refractivity contribution >= 4 is 34.2 Å². The van der Waals surface area contributed by atoms with Crippen LogP contribution in [-0.2, 0) is 4.74 Å². The summed E-state index contributed by atoms with van der Waals surface area (Å²) in [5.41, 5.74) is 9.21. The fraction of sp³-hybridized carbons (Fsp3) is 0.105. The quantitative estimate of drug-likeness (QED) is 0.541. The Bertz CT molecular complexity index is 1170.